The normalized spacial score (nSPS) is 19.9. The van der Waals surface area contributed by atoms with Crippen LogP contribution in [0.1, 0.15) is 25.3 Å². The lowest BCUT2D eigenvalue weighted by Gasteiger charge is -2.31. The molecule has 1 heterocycles. The quantitative estimate of drug-likeness (QED) is 0.770. The molecule has 1 aromatic rings. The number of carbonyl (C=O) groups is 1. The van der Waals surface area contributed by atoms with Gasteiger partial charge in [-0.25, -0.2) is 8.42 Å². The highest BCUT2D eigenvalue weighted by molar-refractivity contribution is 7.89. The molecule has 0 aromatic heterocycles. The van der Waals surface area contributed by atoms with Gasteiger partial charge in [0.2, 0.25) is 10.0 Å². The third-order valence-corrected chi connectivity index (χ3v) is 5.74. The number of nitrogens with zero attached hydrogens (tertiary/aromatic N) is 1. The van der Waals surface area contributed by atoms with Gasteiger partial charge in [-0.05, 0) is 31.9 Å². The SMILES string of the molecule is CCOC(=O)C1CCCN(S(=O)(=O)c2ccccc2C(F)(F)F)C1. The topological polar surface area (TPSA) is 63.7 Å². The second-order valence-corrected chi connectivity index (χ2v) is 7.35. The Morgan fingerprint density at radius 1 is 1.33 bits per heavy atom. The first-order valence-electron chi connectivity index (χ1n) is 7.51. The maximum atomic E-state index is 13.1. The van der Waals surface area contributed by atoms with E-state index < -0.39 is 38.5 Å². The van der Waals surface area contributed by atoms with E-state index in [0.717, 1.165) is 22.5 Å². The average molecular weight is 365 g/mol. The van der Waals surface area contributed by atoms with Crippen molar-refractivity contribution in [3.05, 3.63) is 29.8 Å². The van der Waals surface area contributed by atoms with Crippen molar-refractivity contribution in [2.24, 2.45) is 5.92 Å². The van der Waals surface area contributed by atoms with E-state index in [4.69, 9.17) is 4.74 Å². The Kier molecular flexibility index (Phi) is 5.54. The Labute approximate surface area is 138 Å². The van der Waals surface area contributed by atoms with Gasteiger partial charge in [0.1, 0.15) is 0 Å². The van der Waals surface area contributed by atoms with E-state index in [1.165, 1.54) is 6.07 Å². The minimum absolute atomic E-state index is 0.0738. The van der Waals surface area contributed by atoms with Crippen molar-refractivity contribution in [2.75, 3.05) is 19.7 Å². The zero-order valence-electron chi connectivity index (χ0n) is 13.0. The third-order valence-electron chi connectivity index (χ3n) is 3.81. The van der Waals surface area contributed by atoms with Crippen molar-refractivity contribution < 1.29 is 31.1 Å². The summed E-state index contributed by atoms with van der Waals surface area (Å²) in [7, 11) is -4.35. The lowest BCUT2D eigenvalue weighted by atomic mass is 10.0. The monoisotopic (exact) mass is 365 g/mol. The molecular weight excluding hydrogens is 347 g/mol. The van der Waals surface area contributed by atoms with Crippen LogP contribution in [0.25, 0.3) is 0 Å². The van der Waals surface area contributed by atoms with E-state index in [-0.39, 0.29) is 19.7 Å². The fourth-order valence-electron chi connectivity index (χ4n) is 2.68. The van der Waals surface area contributed by atoms with Crippen LogP contribution < -0.4 is 0 Å². The van der Waals surface area contributed by atoms with E-state index >= 15 is 0 Å². The van der Waals surface area contributed by atoms with Gasteiger partial charge in [-0.15, -0.1) is 0 Å². The maximum absolute atomic E-state index is 13.1. The molecule has 5 nitrogen and oxygen atoms in total. The molecule has 0 spiro atoms. The number of piperidine rings is 1. The van der Waals surface area contributed by atoms with Crippen LogP contribution in [0.5, 0.6) is 0 Å². The lowest BCUT2D eigenvalue weighted by molar-refractivity contribution is -0.149. The second kappa shape index (κ2) is 7.10. The minimum atomic E-state index is -4.78. The Hall–Kier alpha value is -1.61. The lowest BCUT2D eigenvalue weighted by Crippen LogP contribution is -2.43. The molecule has 1 fully saturated rings. The van der Waals surface area contributed by atoms with Crippen LogP contribution in [0.2, 0.25) is 0 Å². The zero-order valence-corrected chi connectivity index (χ0v) is 13.9. The summed E-state index contributed by atoms with van der Waals surface area (Å²) in [6, 6.07) is 4.06. The summed E-state index contributed by atoms with van der Waals surface area (Å²) >= 11 is 0. The molecule has 0 aliphatic carbocycles. The molecule has 1 aliphatic rings. The van der Waals surface area contributed by atoms with Crippen molar-refractivity contribution in [1.82, 2.24) is 4.31 Å². The summed E-state index contributed by atoms with van der Waals surface area (Å²) < 4.78 is 70.4. The number of alkyl halides is 3. The first-order valence-corrected chi connectivity index (χ1v) is 8.95. The number of ether oxygens (including phenoxy) is 1. The molecular formula is C15H18F3NO4S. The van der Waals surface area contributed by atoms with Crippen molar-refractivity contribution in [2.45, 2.75) is 30.8 Å². The molecule has 1 aromatic carbocycles. The highest BCUT2D eigenvalue weighted by Crippen LogP contribution is 2.36. The highest BCUT2D eigenvalue weighted by Gasteiger charge is 2.40. The molecule has 9 heteroatoms. The molecule has 1 unspecified atom stereocenters. The van der Waals surface area contributed by atoms with Crippen LogP contribution in [-0.2, 0) is 25.7 Å². The Morgan fingerprint density at radius 3 is 2.62 bits per heavy atom. The number of rotatable bonds is 4. The number of halogens is 3. The van der Waals surface area contributed by atoms with Gasteiger partial charge in [-0.3, -0.25) is 4.79 Å². The molecule has 1 aliphatic heterocycles. The van der Waals surface area contributed by atoms with Gasteiger partial charge in [0.15, 0.2) is 0 Å². The molecule has 0 radical (unpaired) electrons. The van der Waals surface area contributed by atoms with Crippen LogP contribution in [0.4, 0.5) is 13.2 Å². The third kappa shape index (κ3) is 3.89. The van der Waals surface area contributed by atoms with Gasteiger partial charge in [0.25, 0.3) is 0 Å². The predicted molar refractivity (Wildman–Crippen MR) is 79.6 cm³/mol. The van der Waals surface area contributed by atoms with Gasteiger partial charge >= 0.3 is 12.1 Å². The smallest absolute Gasteiger partial charge is 0.417 e. The molecule has 2 rings (SSSR count). The highest BCUT2D eigenvalue weighted by atomic mass is 32.2. The summed E-state index contributed by atoms with van der Waals surface area (Å²) in [5.74, 6) is -1.19. The van der Waals surface area contributed by atoms with Crippen molar-refractivity contribution in [3.8, 4) is 0 Å². The first kappa shape index (κ1) is 18.7. The van der Waals surface area contributed by atoms with Gasteiger partial charge < -0.3 is 4.74 Å². The van der Waals surface area contributed by atoms with Crippen molar-refractivity contribution in [1.29, 1.82) is 0 Å². The molecule has 134 valence electrons. The second-order valence-electron chi connectivity index (χ2n) is 5.45. The molecule has 0 amide bonds. The van der Waals surface area contributed by atoms with E-state index in [9.17, 15) is 26.4 Å². The van der Waals surface area contributed by atoms with E-state index in [2.05, 4.69) is 0 Å². The number of hydrogen-bond acceptors (Lipinski definition) is 4. The first-order chi connectivity index (χ1) is 11.2. The number of esters is 1. The number of hydrogen-bond donors (Lipinski definition) is 0. The molecule has 0 bridgehead atoms. The zero-order chi connectivity index (χ0) is 18.0. The summed E-state index contributed by atoms with van der Waals surface area (Å²) in [5.41, 5.74) is -1.21. The van der Waals surface area contributed by atoms with E-state index in [0.29, 0.717) is 12.8 Å². The van der Waals surface area contributed by atoms with Gasteiger partial charge in [0, 0.05) is 13.1 Å². The standard InChI is InChI=1S/C15H18F3NO4S/c1-2-23-14(20)11-6-5-9-19(10-11)24(21,22)13-8-4-3-7-12(13)15(16,17)18/h3-4,7-8,11H,2,5-6,9-10H2,1H3. The number of carbonyl (C=O) groups excluding carboxylic acids is 1. The van der Waals surface area contributed by atoms with Crippen LogP contribution in [0.15, 0.2) is 29.2 Å². The molecule has 1 atom stereocenters. The number of benzene rings is 1. The largest absolute Gasteiger partial charge is 0.466 e. The Morgan fingerprint density at radius 2 is 2.00 bits per heavy atom. The average Bonchev–Trinajstić information content (AvgIpc) is 2.54. The molecule has 0 N–H and O–H groups in total. The molecule has 0 saturated carbocycles. The van der Waals surface area contributed by atoms with Crippen molar-refractivity contribution >= 4 is 16.0 Å². The van der Waals surface area contributed by atoms with Crippen molar-refractivity contribution in [3.63, 3.8) is 0 Å². The van der Waals surface area contributed by atoms with E-state index in [1.807, 2.05) is 0 Å². The van der Waals surface area contributed by atoms with Crippen LogP contribution in [-0.4, -0.2) is 38.4 Å². The van der Waals surface area contributed by atoms with Crippen LogP contribution in [0.3, 0.4) is 0 Å². The van der Waals surface area contributed by atoms with E-state index in [1.54, 1.807) is 6.92 Å². The van der Waals surface area contributed by atoms with Gasteiger partial charge in [-0.1, -0.05) is 12.1 Å². The maximum Gasteiger partial charge on any atom is 0.417 e. The predicted octanol–water partition coefficient (Wildman–Crippen LogP) is 2.67. The Balaban J connectivity index is 2.33. The molecule has 24 heavy (non-hydrogen) atoms. The summed E-state index contributed by atoms with van der Waals surface area (Å²) in [5, 5.41) is 0. The van der Waals surface area contributed by atoms with Gasteiger partial charge in [-0.2, -0.15) is 17.5 Å². The Bertz CT molecular complexity index is 703. The number of sulfonamides is 1. The summed E-state index contributed by atoms with van der Waals surface area (Å²) in [6.45, 7) is 1.70. The van der Waals surface area contributed by atoms with Crippen LogP contribution >= 0.6 is 0 Å². The molecule has 1 saturated heterocycles. The fraction of sp³-hybridized carbons (Fsp3) is 0.533. The van der Waals surface area contributed by atoms with Crippen LogP contribution in [0, 0.1) is 5.92 Å². The fourth-order valence-corrected chi connectivity index (χ4v) is 4.41. The summed E-state index contributed by atoms with van der Waals surface area (Å²) in [4.78, 5) is 11.0. The minimum Gasteiger partial charge on any atom is -0.466 e. The summed E-state index contributed by atoms with van der Waals surface area (Å²) in [6.07, 6.45) is -3.94. The van der Waals surface area contributed by atoms with Gasteiger partial charge in [0.05, 0.1) is 23.0 Å².